The summed E-state index contributed by atoms with van der Waals surface area (Å²) in [6.45, 7) is 7.25. The molecule has 1 unspecified atom stereocenters. The monoisotopic (exact) mass is 289 g/mol. The van der Waals surface area contributed by atoms with Gasteiger partial charge in [-0.05, 0) is 55.4 Å². The number of hydrogen-bond acceptors (Lipinski definition) is 3. The summed E-state index contributed by atoms with van der Waals surface area (Å²) < 4.78 is 12.4. The van der Waals surface area contributed by atoms with E-state index in [1.54, 1.807) is 0 Å². The maximum atomic E-state index is 6.38. The highest BCUT2D eigenvalue weighted by atomic mass is 16.5. The van der Waals surface area contributed by atoms with Crippen LogP contribution in [0, 0.1) is 6.92 Å². The van der Waals surface area contributed by atoms with E-state index in [1.165, 1.54) is 24.8 Å². The Balaban J connectivity index is 1.79. The minimum atomic E-state index is 0.129. The van der Waals surface area contributed by atoms with Gasteiger partial charge < -0.3 is 15.2 Å². The van der Waals surface area contributed by atoms with Crippen molar-refractivity contribution >= 4 is 5.69 Å². The molecule has 3 heteroatoms. The Morgan fingerprint density at radius 2 is 2.10 bits per heavy atom. The van der Waals surface area contributed by atoms with Crippen LogP contribution in [-0.2, 0) is 4.74 Å². The van der Waals surface area contributed by atoms with Gasteiger partial charge in [0.25, 0.3) is 0 Å². The molecule has 116 valence electrons. The fourth-order valence-corrected chi connectivity index (χ4v) is 3.45. The molecular weight excluding hydrogens is 262 g/mol. The second-order valence-electron chi connectivity index (χ2n) is 7.02. The lowest BCUT2D eigenvalue weighted by Crippen LogP contribution is -2.48. The van der Waals surface area contributed by atoms with Crippen molar-refractivity contribution in [1.29, 1.82) is 0 Å². The molecule has 1 saturated carbocycles. The van der Waals surface area contributed by atoms with Crippen LogP contribution in [0.4, 0.5) is 5.69 Å². The molecule has 2 fully saturated rings. The van der Waals surface area contributed by atoms with Crippen molar-refractivity contribution in [2.75, 3.05) is 12.3 Å². The second-order valence-corrected chi connectivity index (χ2v) is 7.02. The van der Waals surface area contributed by atoms with E-state index in [0.29, 0.717) is 5.92 Å². The number of benzene rings is 1. The number of hydrogen-bond donors (Lipinski definition) is 1. The van der Waals surface area contributed by atoms with Gasteiger partial charge in [-0.15, -0.1) is 0 Å². The van der Waals surface area contributed by atoms with Gasteiger partial charge in [-0.3, -0.25) is 0 Å². The lowest BCUT2D eigenvalue weighted by molar-refractivity contribution is -0.153. The Morgan fingerprint density at radius 1 is 1.33 bits per heavy atom. The summed E-state index contributed by atoms with van der Waals surface area (Å²) in [6, 6.07) is 4.18. The van der Waals surface area contributed by atoms with E-state index >= 15 is 0 Å². The summed E-state index contributed by atoms with van der Waals surface area (Å²) in [7, 11) is 0. The molecular formula is C18H27NO2. The maximum absolute atomic E-state index is 6.38. The quantitative estimate of drug-likeness (QED) is 0.849. The van der Waals surface area contributed by atoms with Crippen molar-refractivity contribution in [3.05, 3.63) is 23.3 Å². The van der Waals surface area contributed by atoms with Gasteiger partial charge in [-0.25, -0.2) is 0 Å². The maximum Gasteiger partial charge on any atom is 0.123 e. The molecule has 3 rings (SSSR count). The molecule has 0 aromatic heterocycles. The van der Waals surface area contributed by atoms with Crippen molar-refractivity contribution in [3.63, 3.8) is 0 Å². The molecule has 1 atom stereocenters. The predicted octanol–water partition coefficient (Wildman–Crippen LogP) is 4.18. The first-order valence-electron chi connectivity index (χ1n) is 8.20. The van der Waals surface area contributed by atoms with Crippen molar-refractivity contribution in [1.82, 2.24) is 0 Å². The number of anilines is 1. The minimum absolute atomic E-state index is 0.129. The van der Waals surface area contributed by atoms with E-state index in [-0.39, 0.29) is 11.7 Å². The summed E-state index contributed by atoms with van der Waals surface area (Å²) in [5.74, 6) is 1.43. The van der Waals surface area contributed by atoms with Crippen molar-refractivity contribution in [3.8, 4) is 5.75 Å². The molecule has 0 bridgehead atoms. The molecule has 1 spiro atoms. The first-order chi connectivity index (χ1) is 9.99. The lowest BCUT2D eigenvalue weighted by atomic mass is 9.74. The molecule has 1 saturated heterocycles. The van der Waals surface area contributed by atoms with E-state index in [4.69, 9.17) is 15.2 Å². The highest BCUT2D eigenvalue weighted by molar-refractivity contribution is 5.55. The van der Waals surface area contributed by atoms with Crippen LogP contribution in [0.1, 0.15) is 63.0 Å². The van der Waals surface area contributed by atoms with Crippen LogP contribution in [0.2, 0.25) is 0 Å². The van der Waals surface area contributed by atoms with Crippen molar-refractivity contribution in [2.45, 2.75) is 70.5 Å². The Bertz CT molecular complexity index is 520. The molecule has 1 aromatic carbocycles. The second kappa shape index (κ2) is 5.53. The average molecular weight is 289 g/mol. The van der Waals surface area contributed by atoms with Crippen LogP contribution in [0.3, 0.4) is 0 Å². The number of nitrogens with two attached hydrogens (primary N) is 1. The molecule has 3 nitrogen and oxygen atoms in total. The SMILES string of the molecule is Cc1cc(OC2CCOC3(CCC3)C2)c(C(C)C)cc1N. The van der Waals surface area contributed by atoms with E-state index in [0.717, 1.165) is 36.4 Å². The van der Waals surface area contributed by atoms with Crippen LogP contribution in [-0.4, -0.2) is 18.3 Å². The summed E-state index contributed by atoms with van der Waals surface area (Å²) in [4.78, 5) is 0. The number of nitrogen functional groups attached to an aromatic ring is 1. The zero-order chi connectivity index (χ0) is 15.0. The Kier molecular flexibility index (Phi) is 3.87. The molecule has 2 N–H and O–H groups in total. The fraction of sp³-hybridized carbons (Fsp3) is 0.667. The van der Waals surface area contributed by atoms with Crippen molar-refractivity contribution < 1.29 is 9.47 Å². The Labute approximate surface area is 127 Å². The van der Waals surface area contributed by atoms with Crippen LogP contribution in [0.25, 0.3) is 0 Å². The van der Waals surface area contributed by atoms with Crippen LogP contribution >= 0.6 is 0 Å². The Hall–Kier alpha value is -1.22. The molecule has 0 amide bonds. The summed E-state index contributed by atoms with van der Waals surface area (Å²) in [5.41, 5.74) is 9.35. The largest absolute Gasteiger partial charge is 0.490 e. The topological polar surface area (TPSA) is 44.5 Å². The fourth-order valence-electron chi connectivity index (χ4n) is 3.45. The Morgan fingerprint density at radius 3 is 2.71 bits per heavy atom. The number of rotatable bonds is 3. The molecule has 0 radical (unpaired) electrons. The van der Waals surface area contributed by atoms with E-state index in [1.807, 2.05) is 6.92 Å². The molecule has 21 heavy (non-hydrogen) atoms. The van der Waals surface area contributed by atoms with Crippen LogP contribution < -0.4 is 10.5 Å². The van der Waals surface area contributed by atoms with Gasteiger partial charge in [0.15, 0.2) is 0 Å². The summed E-state index contributed by atoms with van der Waals surface area (Å²) in [6.07, 6.45) is 6.00. The summed E-state index contributed by atoms with van der Waals surface area (Å²) in [5, 5.41) is 0. The average Bonchev–Trinajstić information content (AvgIpc) is 2.41. The van der Waals surface area contributed by atoms with Gasteiger partial charge in [-0.2, -0.15) is 0 Å². The van der Waals surface area contributed by atoms with Gasteiger partial charge in [-0.1, -0.05) is 13.8 Å². The van der Waals surface area contributed by atoms with E-state index in [2.05, 4.69) is 26.0 Å². The van der Waals surface area contributed by atoms with E-state index < -0.39 is 0 Å². The molecule has 1 heterocycles. The van der Waals surface area contributed by atoms with Gasteiger partial charge >= 0.3 is 0 Å². The first-order valence-corrected chi connectivity index (χ1v) is 8.20. The van der Waals surface area contributed by atoms with Crippen LogP contribution in [0.15, 0.2) is 12.1 Å². The van der Waals surface area contributed by atoms with Gasteiger partial charge in [0.2, 0.25) is 0 Å². The lowest BCUT2D eigenvalue weighted by Gasteiger charge is -2.47. The minimum Gasteiger partial charge on any atom is -0.490 e. The number of aryl methyl sites for hydroxylation is 1. The van der Waals surface area contributed by atoms with Crippen LogP contribution in [0.5, 0.6) is 5.75 Å². The third-order valence-corrected chi connectivity index (χ3v) is 5.03. The zero-order valence-corrected chi connectivity index (χ0v) is 13.4. The standard InChI is InChI=1S/C18H27NO2/c1-12(2)15-10-16(19)13(3)9-17(15)21-14-5-8-20-18(11-14)6-4-7-18/h9-10,12,14H,4-8,11,19H2,1-3H3. The van der Waals surface area contributed by atoms with Gasteiger partial charge in [0.1, 0.15) is 11.9 Å². The highest BCUT2D eigenvalue weighted by Gasteiger charge is 2.43. The third-order valence-electron chi connectivity index (χ3n) is 5.03. The third kappa shape index (κ3) is 2.89. The van der Waals surface area contributed by atoms with E-state index in [9.17, 15) is 0 Å². The normalized spacial score (nSPS) is 24.1. The summed E-state index contributed by atoms with van der Waals surface area (Å²) >= 11 is 0. The molecule has 1 aromatic rings. The predicted molar refractivity (Wildman–Crippen MR) is 85.9 cm³/mol. The smallest absolute Gasteiger partial charge is 0.123 e. The number of ether oxygens (including phenoxy) is 2. The van der Waals surface area contributed by atoms with Gasteiger partial charge in [0, 0.05) is 18.5 Å². The molecule has 2 aliphatic rings. The molecule has 1 aliphatic carbocycles. The highest BCUT2D eigenvalue weighted by Crippen LogP contribution is 2.43. The first kappa shape index (κ1) is 14.7. The zero-order valence-electron chi connectivity index (χ0n) is 13.4. The van der Waals surface area contributed by atoms with Gasteiger partial charge in [0.05, 0.1) is 12.2 Å². The molecule has 1 aliphatic heterocycles. The van der Waals surface area contributed by atoms with Crippen molar-refractivity contribution in [2.24, 2.45) is 0 Å².